The van der Waals surface area contributed by atoms with Crippen molar-refractivity contribution in [3.8, 4) is 0 Å². The molecule has 0 amide bonds. The summed E-state index contributed by atoms with van der Waals surface area (Å²) in [5.74, 6) is 0. The Morgan fingerprint density at radius 3 is 2.91 bits per heavy atom. The Morgan fingerprint density at radius 1 is 1.55 bits per heavy atom. The molecule has 0 aliphatic heterocycles. The summed E-state index contributed by atoms with van der Waals surface area (Å²) in [6.45, 7) is 0.678. The summed E-state index contributed by atoms with van der Waals surface area (Å²) in [6.07, 6.45) is 0. The van der Waals surface area contributed by atoms with Crippen LogP contribution in [0.15, 0.2) is 22.7 Å². The second-order valence-corrected chi connectivity index (χ2v) is 4.25. The van der Waals surface area contributed by atoms with Gasteiger partial charge in [-0.15, -0.1) is 0 Å². The van der Waals surface area contributed by atoms with Crippen LogP contribution in [0.3, 0.4) is 0 Å². The van der Waals surface area contributed by atoms with Crippen LogP contribution in [0.25, 0.3) is 0 Å². The van der Waals surface area contributed by atoms with Crippen LogP contribution in [0.5, 0.6) is 0 Å². The maximum absolute atomic E-state index is 5.04. The Bertz CT molecular complexity index is 250. The van der Waals surface area contributed by atoms with E-state index >= 15 is 0 Å². The van der Waals surface area contributed by atoms with Crippen LogP contribution in [-0.4, -0.2) is 7.11 Å². The second-order valence-electron chi connectivity index (χ2n) is 2.17. The van der Waals surface area contributed by atoms with Gasteiger partial charge in [-0.1, -0.05) is 15.9 Å². The Hall–Kier alpha value is 0.390. The van der Waals surface area contributed by atoms with Gasteiger partial charge in [-0.2, -0.15) is 0 Å². The van der Waals surface area contributed by atoms with Gasteiger partial charge in [-0.25, -0.2) is 0 Å². The zero-order valence-electron chi connectivity index (χ0n) is 6.10. The highest BCUT2D eigenvalue weighted by Crippen LogP contribution is 2.18. The minimum Gasteiger partial charge on any atom is -0.380 e. The molecule has 0 spiro atoms. The SMILES string of the molecule is COCc1cc(Br)ccc1I. The first kappa shape index (κ1) is 9.48. The van der Waals surface area contributed by atoms with Gasteiger partial charge in [-0.3, -0.25) is 0 Å². The van der Waals surface area contributed by atoms with Crippen molar-refractivity contribution in [1.82, 2.24) is 0 Å². The molecule has 0 saturated carbocycles. The topological polar surface area (TPSA) is 9.23 Å². The van der Waals surface area contributed by atoms with Gasteiger partial charge in [0.2, 0.25) is 0 Å². The first-order valence-corrected chi connectivity index (χ1v) is 5.04. The first-order valence-electron chi connectivity index (χ1n) is 3.17. The maximum Gasteiger partial charge on any atom is 0.0723 e. The van der Waals surface area contributed by atoms with E-state index in [1.165, 1.54) is 9.13 Å². The lowest BCUT2D eigenvalue weighted by Gasteiger charge is -2.02. The predicted octanol–water partition coefficient (Wildman–Crippen LogP) is 3.20. The lowest BCUT2D eigenvalue weighted by Crippen LogP contribution is -1.90. The maximum atomic E-state index is 5.04. The van der Waals surface area contributed by atoms with E-state index in [1.807, 2.05) is 6.07 Å². The monoisotopic (exact) mass is 326 g/mol. The molecule has 0 aromatic heterocycles. The summed E-state index contributed by atoms with van der Waals surface area (Å²) in [5, 5.41) is 0. The fourth-order valence-corrected chi connectivity index (χ4v) is 1.71. The molecule has 0 fully saturated rings. The van der Waals surface area contributed by atoms with Crippen LogP contribution in [0.1, 0.15) is 5.56 Å². The van der Waals surface area contributed by atoms with Crippen LogP contribution >= 0.6 is 38.5 Å². The van der Waals surface area contributed by atoms with Gasteiger partial charge in [0.15, 0.2) is 0 Å². The van der Waals surface area contributed by atoms with E-state index in [0.717, 1.165) is 4.47 Å². The fourth-order valence-electron chi connectivity index (χ4n) is 0.809. The molecule has 0 heterocycles. The molecule has 1 aromatic carbocycles. The zero-order valence-corrected chi connectivity index (χ0v) is 9.85. The zero-order chi connectivity index (χ0) is 8.27. The molecular weight excluding hydrogens is 319 g/mol. The number of benzene rings is 1. The Morgan fingerprint density at radius 2 is 2.27 bits per heavy atom. The summed E-state index contributed by atoms with van der Waals surface area (Å²) in [6, 6.07) is 6.17. The molecule has 1 nitrogen and oxygen atoms in total. The van der Waals surface area contributed by atoms with E-state index in [1.54, 1.807) is 7.11 Å². The lowest BCUT2D eigenvalue weighted by atomic mass is 10.2. The third-order valence-corrected chi connectivity index (χ3v) is 2.85. The second kappa shape index (κ2) is 4.42. The summed E-state index contributed by atoms with van der Waals surface area (Å²) in [7, 11) is 1.71. The highest BCUT2D eigenvalue weighted by molar-refractivity contribution is 14.1. The van der Waals surface area contributed by atoms with E-state index < -0.39 is 0 Å². The van der Waals surface area contributed by atoms with Crippen molar-refractivity contribution in [1.29, 1.82) is 0 Å². The van der Waals surface area contributed by atoms with Gasteiger partial charge < -0.3 is 4.74 Å². The van der Waals surface area contributed by atoms with Crippen LogP contribution < -0.4 is 0 Å². The van der Waals surface area contributed by atoms with E-state index in [4.69, 9.17) is 4.74 Å². The molecule has 1 aromatic rings. The summed E-state index contributed by atoms with van der Waals surface area (Å²) >= 11 is 5.71. The van der Waals surface area contributed by atoms with Crippen molar-refractivity contribution in [3.05, 3.63) is 31.8 Å². The number of methoxy groups -OCH3 is 1. The van der Waals surface area contributed by atoms with E-state index in [0.29, 0.717) is 6.61 Å². The van der Waals surface area contributed by atoms with Crippen molar-refractivity contribution in [2.75, 3.05) is 7.11 Å². The van der Waals surface area contributed by atoms with Gasteiger partial charge in [0, 0.05) is 15.2 Å². The van der Waals surface area contributed by atoms with Crippen LogP contribution in [0, 0.1) is 3.57 Å². The summed E-state index contributed by atoms with van der Waals surface area (Å²) in [4.78, 5) is 0. The molecule has 0 radical (unpaired) electrons. The van der Waals surface area contributed by atoms with E-state index in [2.05, 4.69) is 50.7 Å². The average Bonchev–Trinajstić information content (AvgIpc) is 1.98. The van der Waals surface area contributed by atoms with E-state index in [9.17, 15) is 0 Å². The Labute approximate surface area is 88.4 Å². The predicted molar refractivity (Wildman–Crippen MR) is 57.6 cm³/mol. The Balaban J connectivity index is 2.93. The summed E-state index contributed by atoms with van der Waals surface area (Å²) in [5.41, 5.74) is 1.22. The van der Waals surface area contributed by atoms with Gasteiger partial charge in [-0.05, 0) is 46.4 Å². The number of rotatable bonds is 2. The molecule has 60 valence electrons. The average molecular weight is 327 g/mol. The smallest absolute Gasteiger partial charge is 0.0723 e. The highest BCUT2D eigenvalue weighted by atomic mass is 127. The molecule has 0 bridgehead atoms. The van der Waals surface area contributed by atoms with Crippen molar-refractivity contribution >= 4 is 38.5 Å². The number of ether oxygens (including phenoxy) is 1. The minimum atomic E-state index is 0.678. The molecule has 0 aliphatic carbocycles. The molecule has 0 aliphatic rings. The van der Waals surface area contributed by atoms with Crippen LogP contribution in [0.4, 0.5) is 0 Å². The number of hydrogen-bond donors (Lipinski definition) is 0. The normalized spacial score (nSPS) is 10.1. The molecule has 0 unspecified atom stereocenters. The minimum absolute atomic E-state index is 0.678. The molecule has 0 N–H and O–H groups in total. The van der Waals surface area contributed by atoms with Crippen molar-refractivity contribution < 1.29 is 4.74 Å². The summed E-state index contributed by atoms with van der Waals surface area (Å²) < 4.78 is 7.38. The Kier molecular flexibility index (Phi) is 3.81. The molecule has 0 saturated heterocycles. The standard InChI is InChI=1S/C8H8BrIO/c1-11-5-6-4-7(9)2-3-8(6)10/h2-4H,5H2,1H3. The van der Waals surface area contributed by atoms with Gasteiger partial charge in [0.25, 0.3) is 0 Å². The van der Waals surface area contributed by atoms with Gasteiger partial charge >= 0.3 is 0 Å². The fraction of sp³-hybridized carbons (Fsp3) is 0.250. The van der Waals surface area contributed by atoms with Crippen molar-refractivity contribution in [2.24, 2.45) is 0 Å². The molecule has 3 heteroatoms. The van der Waals surface area contributed by atoms with E-state index in [-0.39, 0.29) is 0 Å². The molecule has 0 atom stereocenters. The number of halogens is 2. The largest absolute Gasteiger partial charge is 0.380 e. The number of hydrogen-bond acceptors (Lipinski definition) is 1. The quantitative estimate of drug-likeness (QED) is 0.758. The lowest BCUT2D eigenvalue weighted by molar-refractivity contribution is 0.184. The third kappa shape index (κ3) is 2.72. The highest BCUT2D eigenvalue weighted by Gasteiger charge is 1.98. The molecule has 1 rings (SSSR count). The van der Waals surface area contributed by atoms with Gasteiger partial charge in [0.1, 0.15) is 0 Å². The first-order chi connectivity index (χ1) is 5.24. The van der Waals surface area contributed by atoms with Crippen molar-refractivity contribution in [3.63, 3.8) is 0 Å². The third-order valence-electron chi connectivity index (χ3n) is 1.31. The van der Waals surface area contributed by atoms with Crippen LogP contribution in [-0.2, 0) is 11.3 Å². The van der Waals surface area contributed by atoms with Crippen LogP contribution in [0.2, 0.25) is 0 Å². The van der Waals surface area contributed by atoms with Gasteiger partial charge in [0.05, 0.1) is 6.61 Å². The molecular formula is C8H8BrIO. The molecule has 11 heavy (non-hydrogen) atoms. The van der Waals surface area contributed by atoms with Crippen molar-refractivity contribution in [2.45, 2.75) is 6.61 Å².